The standard InChI is InChI=1S/C15H24N2O2/c1-11-6-5-9-15(2,10-11)12(14(17)19)7-3-4-8-13(16)18/h5-6,9,12H,3-4,7-8,10H2,1-2H3,(H2,16,18)(H2,17,19). The molecule has 2 amide bonds. The first kappa shape index (κ1) is 15.5. The van der Waals surface area contributed by atoms with E-state index in [1.54, 1.807) is 0 Å². The van der Waals surface area contributed by atoms with Crippen LogP contribution in [-0.4, -0.2) is 11.8 Å². The molecule has 0 radical (unpaired) electrons. The fourth-order valence-electron chi connectivity index (χ4n) is 2.83. The summed E-state index contributed by atoms with van der Waals surface area (Å²) in [7, 11) is 0. The van der Waals surface area contributed by atoms with Gasteiger partial charge in [-0.15, -0.1) is 0 Å². The van der Waals surface area contributed by atoms with Crippen LogP contribution in [0.5, 0.6) is 0 Å². The Morgan fingerprint density at radius 3 is 2.58 bits per heavy atom. The molecule has 2 unspecified atom stereocenters. The maximum absolute atomic E-state index is 11.7. The van der Waals surface area contributed by atoms with Gasteiger partial charge >= 0.3 is 0 Å². The molecule has 1 rings (SSSR count). The van der Waals surface area contributed by atoms with Gasteiger partial charge in [-0.25, -0.2) is 0 Å². The smallest absolute Gasteiger partial charge is 0.221 e. The van der Waals surface area contributed by atoms with Gasteiger partial charge in [0.25, 0.3) is 0 Å². The summed E-state index contributed by atoms with van der Waals surface area (Å²) in [6.45, 7) is 4.14. The summed E-state index contributed by atoms with van der Waals surface area (Å²) in [4.78, 5) is 22.4. The molecule has 0 aliphatic heterocycles. The molecule has 0 saturated heterocycles. The van der Waals surface area contributed by atoms with Crippen molar-refractivity contribution in [1.29, 1.82) is 0 Å². The molecule has 2 atom stereocenters. The summed E-state index contributed by atoms with van der Waals surface area (Å²) in [6.07, 6.45) is 9.58. The SMILES string of the molecule is CC1=CC=CC(C)(C(CCCCC(N)=O)C(N)=O)C1. The third-order valence-electron chi connectivity index (χ3n) is 3.82. The van der Waals surface area contributed by atoms with Gasteiger partial charge in [0.2, 0.25) is 11.8 Å². The first-order valence-electron chi connectivity index (χ1n) is 6.78. The van der Waals surface area contributed by atoms with Gasteiger partial charge in [0.15, 0.2) is 0 Å². The van der Waals surface area contributed by atoms with Crippen LogP contribution in [0.2, 0.25) is 0 Å². The zero-order valence-electron chi connectivity index (χ0n) is 11.8. The van der Waals surface area contributed by atoms with Gasteiger partial charge in [-0.2, -0.15) is 0 Å². The van der Waals surface area contributed by atoms with E-state index in [1.807, 2.05) is 6.08 Å². The molecule has 0 aromatic heterocycles. The molecule has 0 bridgehead atoms. The molecule has 1 aliphatic rings. The zero-order valence-corrected chi connectivity index (χ0v) is 11.8. The predicted molar refractivity (Wildman–Crippen MR) is 76.0 cm³/mol. The number of carbonyl (C=O) groups excluding carboxylic acids is 2. The van der Waals surface area contributed by atoms with Crippen LogP contribution >= 0.6 is 0 Å². The van der Waals surface area contributed by atoms with Gasteiger partial charge in [-0.05, 0) is 26.2 Å². The number of hydrogen-bond donors (Lipinski definition) is 2. The molecule has 0 aromatic carbocycles. The molecule has 4 nitrogen and oxygen atoms in total. The minimum Gasteiger partial charge on any atom is -0.370 e. The predicted octanol–water partition coefficient (Wildman–Crippen LogP) is 2.05. The van der Waals surface area contributed by atoms with Gasteiger partial charge in [-0.3, -0.25) is 9.59 Å². The molecule has 0 spiro atoms. The number of hydrogen-bond acceptors (Lipinski definition) is 2. The molecule has 1 aliphatic carbocycles. The van der Waals surface area contributed by atoms with E-state index < -0.39 is 0 Å². The summed E-state index contributed by atoms with van der Waals surface area (Å²) >= 11 is 0. The molecule has 19 heavy (non-hydrogen) atoms. The normalized spacial score (nSPS) is 23.8. The van der Waals surface area contributed by atoms with Gasteiger partial charge in [0.1, 0.15) is 0 Å². The van der Waals surface area contributed by atoms with E-state index in [1.165, 1.54) is 5.57 Å². The van der Waals surface area contributed by atoms with Crippen molar-refractivity contribution in [2.45, 2.75) is 46.0 Å². The lowest BCUT2D eigenvalue weighted by atomic mass is 9.68. The van der Waals surface area contributed by atoms with E-state index >= 15 is 0 Å². The number of primary amides is 2. The Bertz CT molecular complexity index is 412. The minimum absolute atomic E-state index is 0.194. The molecule has 106 valence electrons. The van der Waals surface area contributed by atoms with Crippen LogP contribution < -0.4 is 11.5 Å². The molecule has 0 saturated carbocycles. The Balaban J connectivity index is 2.62. The van der Waals surface area contributed by atoms with Crippen LogP contribution in [0.4, 0.5) is 0 Å². The lowest BCUT2D eigenvalue weighted by Gasteiger charge is -2.35. The molecule has 0 heterocycles. The maximum Gasteiger partial charge on any atom is 0.221 e. The quantitative estimate of drug-likeness (QED) is 0.689. The number of unbranched alkanes of at least 4 members (excludes halogenated alkanes) is 1. The van der Waals surface area contributed by atoms with E-state index in [0.717, 1.165) is 12.8 Å². The number of allylic oxidation sites excluding steroid dienone is 4. The molecule has 4 N–H and O–H groups in total. The van der Waals surface area contributed by atoms with E-state index in [9.17, 15) is 9.59 Å². The van der Waals surface area contributed by atoms with E-state index in [4.69, 9.17) is 11.5 Å². The van der Waals surface area contributed by atoms with Crippen LogP contribution in [0.25, 0.3) is 0 Å². The summed E-state index contributed by atoms with van der Waals surface area (Å²) in [5.41, 5.74) is 11.7. The second kappa shape index (κ2) is 6.55. The second-order valence-electron chi connectivity index (χ2n) is 5.72. The fraction of sp³-hybridized carbons (Fsp3) is 0.600. The first-order chi connectivity index (χ1) is 8.85. The van der Waals surface area contributed by atoms with Crippen molar-refractivity contribution in [2.24, 2.45) is 22.8 Å². The first-order valence-corrected chi connectivity index (χ1v) is 6.78. The van der Waals surface area contributed by atoms with Gasteiger partial charge in [-0.1, -0.05) is 37.1 Å². The monoisotopic (exact) mass is 264 g/mol. The van der Waals surface area contributed by atoms with Gasteiger partial charge < -0.3 is 11.5 Å². The Morgan fingerprint density at radius 2 is 2.05 bits per heavy atom. The van der Waals surface area contributed by atoms with Crippen molar-refractivity contribution in [2.75, 3.05) is 0 Å². The van der Waals surface area contributed by atoms with E-state index in [2.05, 4.69) is 26.0 Å². The van der Waals surface area contributed by atoms with Gasteiger partial charge in [0.05, 0.1) is 0 Å². The highest BCUT2D eigenvalue weighted by Gasteiger charge is 2.36. The fourth-order valence-corrected chi connectivity index (χ4v) is 2.83. The van der Waals surface area contributed by atoms with E-state index in [0.29, 0.717) is 19.3 Å². The average Bonchev–Trinajstić information content (AvgIpc) is 2.26. The highest BCUT2D eigenvalue weighted by Crippen LogP contribution is 2.40. The summed E-state index contributed by atoms with van der Waals surface area (Å²) in [6, 6.07) is 0. The number of nitrogens with two attached hydrogens (primary N) is 2. The van der Waals surface area contributed by atoms with Crippen molar-refractivity contribution in [3.05, 3.63) is 23.8 Å². The van der Waals surface area contributed by atoms with Crippen molar-refractivity contribution in [3.63, 3.8) is 0 Å². The van der Waals surface area contributed by atoms with Crippen LogP contribution in [0.15, 0.2) is 23.8 Å². The molecule has 0 aromatic rings. The number of carbonyl (C=O) groups is 2. The minimum atomic E-state index is -0.293. The van der Waals surface area contributed by atoms with Crippen LogP contribution in [0.3, 0.4) is 0 Å². The number of amides is 2. The van der Waals surface area contributed by atoms with Crippen molar-refractivity contribution < 1.29 is 9.59 Å². The Hall–Kier alpha value is -1.58. The summed E-state index contributed by atoms with van der Waals surface area (Å²) in [5, 5.41) is 0. The summed E-state index contributed by atoms with van der Waals surface area (Å²) < 4.78 is 0. The molecule has 4 heteroatoms. The third-order valence-corrected chi connectivity index (χ3v) is 3.82. The van der Waals surface area contributed by atoms with Crippen LogP contribution in [-0.2, 0) is 9.59 Å². The maximum atomic E-state index is 11.7. The number of rotatable bonds is 7. The average molecular weight is 264 g/mol. The van der Waals surface area contributed by atoms with Gasteiger partial charge in [0, 0.05) is 17.8 Å². The third kappa shape index (κ3) is 4.54. The van der Waals surface area contributed by atoms with E-state index in [-0.39, 0.29) is 23.1 Å². The highest BCUT2D eigenvalue weighted by molar-refractivity contribution is 5.78. The topological polar surface area (TPSA) is 86.2 Å². The molecule has 0 fully saturated rings. The van der Waals surface area contributed by atoms with Crippen molar-refractivity contribution in [3.8, 4) is 0 Å². The second-order valence-corrected chi connectivity index (χ2v) is 5.72. The summed E-state index contributed by atoms with van der Waals surface area (Å²) in [5.74, 6) is -0.751. The Morgan fingerprint density at radius 1 is 1.37 bits per heavy atom. The molecular weight excluding hydrogens is 240 g/mol. The lowest BCUT2D eigenvalue weighted by molar-refractivity contribution is -0.125. The lowest BCUT2D eigenvalue weighted by Crippen LogP contribution is -2.37. The molecular formula is C15H24N2O2. The highest BCUT2D eigenvalue weighted by atomic mass is 16.1. The van der Waals surface area contributed by atoms with Crippen LogP contribution in [0.1, 0.15) is 46.0 Å². The zero-order chi connectivity index (χ0) is 14.5. The van der Waals surface area contributed by atoms with Crippen molar-refractivity contribution >= 4 is 11.8 Å². The Kier molecular flexibility index (Phi) is 5.33. The largest absolute Gasteiger partial charge is 0.370 e. The Labute approximate surface area is 114 Å². The van der Waals surface area contributed by atoms with Crippen LogP contribution in [0, 0.1) is 11.3 Å². The van der Waals surface area contributed by atoms with Crippen molar-refractivity contribution in [1.82, 2.24) is 0 Å².